The number of benzene rings is 2. The second-order valence-corrected chi connectivity index (χ2v) is 5.36. The lowest BCUT2D eigenvalue weighted by Gasteiger charge is -2.07. The van der Waals surface area contributed by atoms with Crippen LogP contribution in [0, 0.1) is 6.92 Å². The molecule has 0 fully saturated rings. The molecule has 3 aromatic rings. The van der Waals surface area contributed by atoms with Crippen molar-refractivity contribution < 1.29 is 13.9 Å². The number of aryl methyl sites for hydroxylation is 2. The van der Waals surface area contributed by atoms with Crippen molar-refractivity contribution in [3.8, 4) is 5.75 Å². The van der Waals surface area contributed by atoms with Crippen molar-refractivity contribution >= 4 is 16.9 Å². The average molecular weight is 308 g/mol. The Hall–Kier alpha value is -2.88. The highest BCUT2D eigenvalue weighted by atomic mass is 16.5. The molecule has 23 heavy (non-hydrogen) atoms. The molecule has 0 spiro atoms. The fourth-order valence-electron chi connectivity index (χ4n) is 2.50. The molecule has 116 valence electrons. The second-order valence-electron chi connectivity index (χ2n) is 5.36. The first kappa shape index (κ1) is 15.0. The van der Waals surface area contributed by atoms with E-state index in [1.807, 2.05) is 19.9 Å². The number of carbonyl (C=O) groups is 1. The Morgan fingerprint density at radius 2 is 1.96 bits per heavy atom. The number of hydrogen-bond donors (Lipinski definition) is 0. The van der Waals surface area contributed by atoms with Crippen LogP contribution >= 0.6 is 0 Å². The highest BCUT2D eigenvalue weighted by Crippen LogP contribution is 2.23. The molecule has 4 nitrogen and oxygen atoms in total. The van der Waals surface area contributed by atoms with Crippen LogP contribution in [0.5, 0.6) is 5.75 Å². The third-order valence-corrected chi connectivity index (χ3v) is 3.65. The normalized spacial score (nSPS) is 10.7. The first-order valence-electron chi connectivity index (χ1n) is 7.42. The van der Waals surface area contributed by atoms with E-state index in [0.29, 0.717) is 16.9 Å². The minimum atomic E-state index is -0.443. The molecule has 0 radical (unpaired) electrons. The molecule has 0 aliphatic carbocycles. The maximum absolute atomic E-state index is 12.2. The summed E-state index contributed by atoms with van der Waals surface area (Å²) in [5, 5.41) is 0.849. The standard InChI is InChI=1S/C19H16O4/c1-3-13-10-18(20)23-17-11-15(7-8-16(13)17)22-19(21)14-6-4-5-12(2)9-14/h4-11H,3H2,1-2H3. The van der Waals surface area contributed by atoms with E-state index >= 15 is 0 Å². The van der Waals surface area contributed by atoms with E-state index in [2.05, 4.69) is 0 Å². The predicted molar refractivity (Wildman–Crippen MR) is 88.0 cm³/mol. The zero-order valence-electron chi connectivity index (χ0n) is 13.0. The Kier molecular flexibility index (Phi) is 3.98. The summed E-state index contributed by atoms with van der Waals surface area (Å²) >= 11 is 0. The zero-order chi connectivity index (χ0) is 16.4. The number of ether oxygens (including phenoxy) is 1. The van der Waals surface area contributed by atoms with Gasteiger partial charge < -0.3 is 9.15 Å². The van der Waals surface area contributed by atoms with E-state index in [9.17, 15) is 9.59 Å². The molecular formula is C19H16O4. The molecule has 1 heterocycles. The van der Waals surface area contributed by atoms with Gasteiger partial charge in [-0.05, 0) is 43.2 Å². The largest absolute Gasteiger partial charge is 0.423 e. The van der Waals surface area contributed by atoms with E-state index in [1.165, 1.54) is 6.07 Å². The average Bonchev–Trinajstić information content (AvgIpc) is 2.53. The van der Waals surface area contributed by atoms with E-state index < -0.39 is 11.6 Å². The molecular weight excluding hydrogens is 292 g/mol. The van der Waals surface area contributed by atoms with Crippen LogP contribution in [-0.4, -0.2) is 5.97 Å². The lowest BCUT2D eigenvalue weighted by Crippen LogP contribution is -2.08. The van der Waals surface area contributed by atoms with E-state index in [-0.39, 0.29) is 0 Å². The molecule has 0 amide bonds. The molecule has 0 saturated heterocycles. The fourth-order valence-corrected chi connectivity index (χ4v) is 2.50. The molecule has 0 aliphatic heterocycles. The summed E-state index contributed by atoms with van der Waals surface area (Å²) in [5.74, 6) is -0.0950. The minimum Gasteiger partial charge on any atom is -0.423 e. The summed E-state index contributed by atoms with van der Waals surface area (Å²) in [7, 11) is 0. The Bertz CT molecular complexity index is 937. The molecule has 0 saturated carbocycles. The van der Waals surface area contributed by atoms with Gasteiger partial charge in [-0.25, -0.2) is 9.59 Å². The second kappa shape index (κ2) is 6.08. The molecule has 0 unspecified atom stereocenters. The van der Waals surface area contributed by atoms with Gasteiger partial charge in [0.25, 0.3) is 0 Å². The smallest absolute Gasteiger partial charge is 0.343 e. The molecule has 0 aliphatic rings. The van der Waals surface area contributed by atoms with Crippen LogP contribution < -0.4 is 10.4 Å². The van der Waals surface area contributed by atoms with E-state index in [0.717, 1.165) is 22.9 Å². The van der Waals surface area contributed by atoms with Crippen LogP contribution in [0.3, 0.4) is 0 Å². The maximum atomic E-state index is 12.2. The summed E-state index contributed by atoms with van der Waals surface area (Å²) < 4.78 is 10.6. The third kappa shape index (κ3) is 3.16. The van der Waals surface area contributed by atoms with Crippen LogP contribution in [0.2, 0.25) is 0 Å². The summed E-state index contributed by atoms with van der Waals surface area (Å²) in [6.07, 6.45) is 0.727. The molecule has 1 aromatic heterocycles. The number of rotatable bonds is 3. The molecule has 0 bridgehead atoms. The summed E-state index contributed by atoms with van der Waals surface area (Å²) in [4.78, 5) is 23.8. The van der Waals surface area contributed by atoms with Crippen LogP contribution in [0.1, 0.15) is 28.4 Å². The van der Waals surface area contributed by atoms with Crippen molar-refractivity contribution in [2.24, 2.45) is 0 Å². The van der Waals surface area contributed by atoms with Crippen molar-refractivity contribution in [1.29, 1.82) is 0 Å². The van der Waals surface area contributed by atoms with Gasteiger partial charge in [-0.3, -0.25) is 0 Å². The van der Waals surface area contributed by atoms with Crippen molar-refractivity contribution in [3.63, 3.8) is 0 Å². The summed E-state index contributed by atoms with van der Waals surface area (Å²) in [6.45, 7) is 3.88. The van der Waals surface area contributed by atoms with Gasteiger partial charge in [-0.2, -0.15) is 0 Å². The number of carbonyl (C=O) groups excluding carboxylic acids is 1. The van der Waals surface area contributed by atoms with Gasteiger partial charge in [-0.15, -0.1) is 0 Å². The van der Waals surface area contributed by atoms with Crippen molar-refractivity contribution in [2.45, 2.75) is 20.3 Å². The first-order valence-corrected chi connectivity index (χ1v) is 7.42. The fraction of sp³-hybridized carbons (Fsp3) is 0.158. The van der Waals surface area contributed by atoms with Crippen LogP contribution in [0.4, 0.5) is 0 Å². The van der Waals surface area contributed by atoms with Gasteiger partial charge in [0.1, 0.15) is 11.3 Å². The highest BCUT2D eigenvalue weighted by molar-refractivity contribution is 5.92. The van der Waals surface area contributed by atoms with Gasteiger partial charge in [-0.1, -0.05) is 24.6 Å². The van der Waals surface area contributed by atoms with Gasteiger partial charge in [0.2, 0.25) is 0 Å². The van der Waals surface area contributed by atoms with Crippen LogP contribution in [0.25, 0.3) is 11.0 Å². The van der Waals surface area contributed by atoms with Crippen LogP contribution in [0.15, 0.2) is 57.7 Å². The summed E-state index contributed by atoms with van der Waals surface area (Å²) in [5.41, 5.74) is 2.39. The third-order valence-electron chi connectivity index (χ3n) is 3.65. The maximum Gasteiger partial charge on any atom is 0.343 e. The Balaban J connectivity index is 1.95. The Morgan fingerprint density at radius 1 is 1.13 bits per heavy atom. The van der Waals surface area contributed by atoms with Gasteiger partial charge in [0.05, 0.1) is 5.56 Å². The monoisotopic (exact) mass is 308 g/mol. The predicted octanol–water partition coefficient (Wildman–Crippen LogP) is 3.88. The minimum absolute atomic E-state index is 0.348. The quantitative estimate of drug-likeness (QED) is 0.418. The number of esters is 1. The molecule has 4 heteroatoms. The zero-order valence-corrected chi connectivity index (χ0v) is 13.0. The lowest BCUT2D eigenvalue weighted by atomic mass is 10.1. The van der Waals surface area contributed by atoms with Crippen molar-refractivity contribution in [3.05, 3.63) is 75.6 Å². The van der Waals surface area contributed by atoms with Gasteiger partial charge in [0, 0.05) is 17.5 Å². The summed E-state index contributed by atoms with van der Waals surface area (Å²) in [6, 6.07) is 13.7. The molecule has 0 N–H and O–H groups in total. The van der Waals surface area contributed by atoms with E-state index in [4.69, 9.17) is 9.15 Å². The highest BCUT2D eigenvalue weighted by Gasteiger charge is 2.11. The topological polar surface area (TPSA) is 56.5 Å². The van der Waals surface area contributed by atoms with Gasteiger partial charge in [0.15, 0.2) is 0 Å². The number of fused-ring (bicyclic) bond motifs is 1. The van der Waals surface area contributed by atoms with Crippen LogP contribution in [-0.2, 0) is 6.42 Å². The molecule has 2 aromatic carbocycles. The Morgan fingerprint density at radius 3 is 2.70 bits per heavy atom. The first-order chi connectivity index (χ1) is 11.1. The number of hydrogen-bond acceptors (Lipinski definition) is 4. The van der Waals surface area contributed by atoms with Crippen molar-refractivity contribution in [1.82, 2.24) is 0 Å². The van der Waals surface area contributed by atoms with Crippen molar-refractivity contribution in [2.75, 3.05) is 0 Å². The SMILES string of the molecule is CCc1cc(=O)oc2cc(OC(=O)c3cccc(C)c3)ccc12. The lowest BCUT2D eigenvalue weighted by molar-refractivity contribution is 0.0735. The Labute approximate surface area is 133 Å². The molecule has 3 rings (SSSR count). The van der Waals surface area contributed by atoms with Gasteiger partial charge >= 0.3 is 11.6 Å². The van der Waals surface area contributed by atoms with E-state index in [1.54, 1.807) is 36.4 Å². The molecule has 0 atom stereocenters.